The minimum atomic E-state index is -0.687. The first-order valence-corrected chi connectivity index (χ1v) is 12.7. The van der Waals surface area contributed by atoms with E-state index in [2.05, 4.69) is 40.2 Å². The third-order valence-electron chi connectivity index (χ3n) is 7.82. The van der Waals surface area contributed by atoms with Crippen LogP contribution in [0.3, 0.4) is 0 Å². The van der Waals surface area contributed by atoms with Crippen LogP contribution in [-0.4, -0.2) is 60.7 Å². The van der Waals surface area contributed by atoms with Crippen molar-refractivity contribution in [1.82, 2.24) is 15.1 Å². The fraction of sp³-hybridized carbons (Fsp3) is 0.464. The van der Waals surface area contributed by atoms with E-state index < -0.39 is 11.9 Å². The molecule has 0 bridgehead atoms. The van der Waals surface area contributed by atoms with Crippen LogP contribution in [0.2, 0.25) is 0 Å². The maximum absolute atomic E-state index is 15.2. The number of anilines is 1. The van der Waals surface area contributed by atoms with E-state index in [1.165, 1.54) is 27.8 Å². The maximum atomic E-state index is 15.2. The van der Waals surface area contributed by atoms with Gasteiger partial charge in [0, 0.05) is 44.9 Å². The number of nitrogens with zero attached hydrogens (tertiary/aromatic N) is 3. The molecule has 0 saturated carbocycles. The molecule has 2 fully saturated rings. The number of nitrogens with one attached hydrogen (secondary N) is 1. The number of hydrogen-bond acceptors (Lipinski definition) is 5. The number of rotatable bonds is 5. The minimum Gasteiger partial charge on any atom is -0.377 e. The molecule has 1 atom stereocenters. The molecule has 0 spiro atoms. The molecule has 3 aliphatic heterocycles. The second-order valence-electron chi connectivity index (χ2n) is 10.5. The molecule has 0 aliphatic carbocycles. The molecule has 2 aromatic rings. The lowest BCUT2D eigenvalue weighted by Crippen LogP contribution is -2.52. The summed E-state index contributed by atoms with van der Waals surface area (Å²) >= 11 is 0. The van der Waals surface area contributed by atoms with Gasteiger partial charge in [-0.05, 0) is 79.6 Å². The summed E-state index contributed by atoms with van der Waals surface area (Å²) in [4.78, 5) is 42.7. The summed E-state index contributed by atoms with van der Waals surface area (Å²) in [6, 6.07) is 9.08. The van der Waals surface area contributed by atoms with Gasteiger partial charge in [0.15, 0.2) is 0 Å². The van der Waals surface area contributed by atoms with Crippen LogP contribution in [-0.2, 0) is 22.7 Å². The topological polar surface area (TPSA) is 73.0 Å². The number of aryl methyl sites for hydroxylation is 1. The molecule has 1 unspecified atom stereocenters. The van der Waals surface area contributed by atoms with Gasteiger partial charge in [-0.1, -0.05) is 18.2 Å². The van der Waals surface area contributed by atoms with Crippen LogP contribution in [0, 0.1) is 12.7 Å². The van der Waals surface area contributed by atoms with Crippen LogP contribution >= 0.6 is 0 Å². The molecule has 3 heterocycles. The fourth-order valence-electron chi connectivity index (χ4n) is 5.90. The lowest BCUT2D eigenvalue weighted by Gasteiger charge is -2.32. The van der Waals surface area contributed by atoms with Gasteiger partial charge in [0.1, 0.15) is 11.9 Å². The highest BCUT2D eigenvalue weighted by Gasteiger charge is 2.40. The zero-order chi connectivity index (χ0) is 25.6. The molecule has 3 amide bonds. The summed E-state index contributed by atoms with van der Waals surface area (Å²) < 4.78 is 15.2. The Hall–Kier alpha value is -3.26. The average molecular weight is 493 g/mol. The van der Waals surface area contributed by atoms with Gasteiger partial charge >= 0.3 is 0 Å². The molecule has 2 aromatic carbocycles. The molecule has 5 rings (SSSR count). The third-order valence-corrected chi connectivity index (χ3v) is 7.82. The van der Waals surface area contributed by atoms with E-state index in [-0.39, 0.29) is 36.5 Å². The van der Waals surface area contributed by atoms with Gasteiger partial charge in [0.05, 0.1) is 0 Å². The van der Waals surface area contributed by atoms with Gasteiger partial charge in [0.2, 0.25) is 11.8 Å². The minimum absolute atomic E-state index is 0.101. The SMILES string of the molecule is Cc1cc(CN2CCC(c3cc4c(cc3F)C(=O)N(C3CCC(=O)NC3=O)C4)CC2)ccc1N(C)C. The van der Waals surface area contributed by atoms with Crippen molar-refractivity contribution in [2.24, 2.45) is 0 Å². The Kier molecular flexibility index (Phi) is 6.55. The van der Waals surface area contributed by atoms with Gasteiger partial charge < -0.3 is 9.80 Å². The first-order valence-electron chi connectivity index (χ1n) is 12.7. The second-order valence-corrected chi connectivity index (χ2v) is 10.5. The molecule has 8 heteroatoms. The lowest BCUT2D eigenvalue weighted by molar-refractivity contribution is -0.136. The summed E-state index contributed by atoms with van der Waals surface area (Å²) in [7, 11) is 4.10. The largest absolute Gasteiger partial charge is 0.377 e. The Morgan fingerprint density at radius 2 is 1.81 bits per heavy atom. The van der Waals surface area contributed by atoms with Gasteiger partial charge in [0.25, 0.3) is 5.91 Å². The van der Waals surface area contributed by atoms with E-state index in [1.54, 1.807) is 0 Å². The van der Waals surface area contributed by atoms with Crippen molar-refractivity contribution >= 4 is 23.4 Å². The summed E-state index contributed by atoms with van der Waals surface area (Å²) in [5.41, 5.74) is 5.52. The number of halogens is 1. The molecule has 36 heavy (non-hydrogen) atoms. The summed E-state index contributed by atoms with van der Waals surface area (Å²) in [5.74, 6) is -1.35. The van der Waals surface area contributed by atoms with Gasteiger partial charge in [-0.15, -0.1) is 0 Å². The highest BCUT2D eigenvalue weighted by atomic mass is 19.1. The number of amides is 3. The maximum Gasteiger partial charge on any atom is 0.255 e. The molecule has 190 valence electrons. The van der Waals surface area contributed by atoms with E-state index in [0.29, 0.717) is 17.5 Å². The van der Waals surface area contributed by atoms with Gasteiger partial charge in [-0.3, -0.25) is 24.6 Å². The predicted octanol–water partition coefficient (Wildman–Crippen LogP) is 3.34. The van der Waals surface area contributed by atoms with Crippen molar-refractivity contribution in [3.63, 3.8) is 0 Å². The fourth-order valence-corrected chi connectivity index (χ4v) is 5.90. The Morgan fingerprint density at radius 1 is 1.06 bits per heavy atom. The quantitative estimate of drug-likeness (QED) is 0.649. The van der Waals surface area contributed by atoms with Crippen LogP contribution in [0.25, 0.3) is 0 Å². The first kappa shape index (κ1) is 24.4. The van der Waals surface area contributed by atoms with E-state index in [0.717, 1.165) is 38.0 Å². The van der Waals surface area contributed by atoms with E-state index >= 15 is 4.39 Å². The average Bonchev–Trinajstić information content (AvgIpc) is 3.14. The Bertz CT molecular complexity index is 1220. The van der Waals surface area contributed by atoms with Crippen LogP contribution in [0.1, 0.15) is 64.2 Å². The summed E-state index contributed by atoms with van der Waals surface area (Å²) in [6.07, 6.45) is 2.22. The zero-order valence-electron chi connectivity index (χ0n) is 21.1. The van der Waals surface area contributed by atoms with E-state index in [1.807, 2.05) is 20.2 Å². The predicted molar refractivity (Wildman–Crippen MR) is 135 cm³/mol. The molecule has 7 nitrogen and oxygen atoms in total. The molecule has 0 aromatic heterocycles. The molecule has 2 saturated heterocycles. The highest BCUT2D eigenvalue weighted by Crippen LogP contribution is 2.36. The monoisotopic (exact) mass is 492 g/mol. The van der Waals surface area contributed by atoms with Crippen LogP contribution in [0.15, 0.2) is 30.3 Å². The third kappa shape index (κ3) is 4.62. The van der Waals surface area contributed by atoms with Crippen molar-refractivity contribution in [3.05, 3.63) is 64.0 Å². The smallest absolute Gasteiger partial charge is 0.255 e. The Labute approximate surface area is 211 Å². The van der Waals surface area contributed by atoms with Gasteiger partial charge in [-0.2, -0.15) is 0 Å². The highest BCUT2D eigenvalue weighted by molar-refractivity contribution is 6.05. The number of likely N-dealkylation sites (tertiary alicyclic amines) is 1. The van der Waals surface area contributed by atoms with E-state index in [9.17, 15) is 14.4 Å². The number of hydrogen-bond donors (Lipinski definition) is 1. The standard InChI is InChI=1S/C28H33FN4O3/c1-17-12-18(4-5-24(17)31(2)3)15-32-10-8-19(9-11-32)21-13-20-16-33(28(36)22(20)14-23(21)29)25-6-7-26(34)30-27(25)35/h4-5,12-14,19,25H,6-11,15-16H2,1-3H3,(H,30,34,35). The van der Waals surface area contributed by atoms with Crippen LogP contribution in [0.4, 0.5) is 10.1 Å². The summed E-state index contributed by atoms with van der Waals surface area (Å²) in [6.45, 7) is 5.06. The first-order chi connectivity index (χ1) is 17.2. The molecular formula is C28H33FN4O3. The van der Waals surface area contributed by atoms with Crippen LogP contribution < -0.4 is 10.2 Å². The number of imide groups is 1. The normalized spacial score (nSPS) is 21.1. The second kappa shape index (κ2) is 9.65. The zero-order valence-corrected chi connectivity index (χ0v) is 21.1. The Balaban J connectivity index is 1.24. The van der Waals surface area contributed by atoms with Gasteiger partial charge in [-0.25, -0.2) is 4.39 Å². The van der Waals surface area contributed by atoms with Crippen molar-refractivity contribution in [1.29, 1.82) is 0 Å². The number of carbonyl (C=O) groups excluding carboxylic acids is 3. The molecule has 3 aliphatic rings. The van der Waals surface area contributed by atoms with Crippen molar-refractivity contribution in [2.45, 2.75) is 57.7 Å². The van der Waals surface area contributed by atoms with Crippen molar-refractivity contribution in [2.75, 3.05) is 32.1 Å². The van der Waals surface area contributed by atoms with Crippen LogP contribution in [0.5, 0.6) is 0 Å². The number of benzene rings is 2. The summed E-state index contributed by atoms with van der Waals surface area (Å²) in [5, 5.41) is 2.31. The molecule has 0 radical (unpaired) electrons. The number of fused-ring (bicyclic) bond motifs is 1. The van der Waals surface area contributed by atoms with Crippen molar-refractivity contribution in [3.8, 4) is 0 Å². The number of piperidine rings is 2. The van der Waals surface area contributed by atoms with E-state index in [4.69, 9.17) is 0 Å². The number of carbonyl (C=O) groups is 3. The molecular weight excluding hydrogens is 459 g/mol. The lowest BCUT2D eigenvalue weighted by atomic mass is 9.87. The molecule has 1 N–H and O–H groups in total. The Morgan fingerprint density at radius 3 is 2.47 bits per heavy atom. The van der Waals surface area contributed by atoms with Crippen molar-refractivity contribution < 1.29 is 18.8 Å².